The van der Waals surface area contributed by atoms with Gasteiger partial charge < -0.3 is 8.83 Å². The lowest BCUT2D eigenvalue weighted by molar-refractivity contribution is 0.112. The second kappa shape index (κ2) is 2.87. The van der Waals surface area contributed by atoms with Crippen molar-refractivity contribution in [3.8, 4) is 0 Å². The highest BCUT2D eigenvalue weighted by atomic mass is 35.5. The minimum atomic E-state index is 0.475. The summed E-state index contributed by atoms with van der Waals surface area (Å²) in [5, 5.41) is 1.85. The first-order chi connectivity index (χ1) is 7.33. The Hall–Kier alpha value is -1.74. The molecule has 0 spiro atoms. The van der Waals surface area contributed by atoms with Crippen molar-refractivity contribution < 1.29 is 13.6 Å². The SMILES string of the molecule is O=Cc1c2ccoc2c(Cl)c2ccoc12. The van der Waals surface area contributed by atoms with Gasteiger partial charge in [-0.25, -0.2) is 0 Å². The zero-order valence-corrected chi connectivity index (χ0v) is 8.25. The first-order valence-corrected chi connectivity index (χ1v) is 4.71. The summed E-state index contributed by atoms with van der Waals surface area (Å²) in [7, 11) is 0. The van der Waals surface area contributed by atoms with Gasteiger partial charge in [-0.2, -0.15) is 0 Å². The van der Waals surface area contributed by atoms with Gasteiger partial charge in [0.25, 0.3) is 0 Å². The van der Waals surface area contributed by atoms with Gasteiger partial charge >= 0.3 is 0 Å². The van der Waals surface area contributed by atoms with Crippen LogP contribution in [-0.2, 0) is 0 Å². The molecule has 2 heterocycles. The van der Waals surface area contributed by atoms with Crippen molar-refractivity contribution in [2.75, 3.05) is 0 Å². The summed E-state index contributed by atoms with van der Waals surface area (Å²) in [5.41, 5.74) is 1.50. The Morgan fingerprint density at radius 3 is 2.47 bits per heavy atom. The molecule has 0 radical (unpaired) electrons. The van der Waals surface area contributed by atoms with Crippen LogP contribution in [0.25, 0.3) is 21.9 Å². The van der Waals surface area contributed by atoms with E-state index < -0.39 is 0 Å². The van der Waals surface area contributed by atoms with Crippen LogP contribution in [0, 0.1) is 0 Å². The van der Waals surface area contributed by atoms with Crippen molar-refractivity contribution in [2.24, 2.45) is 0 Å². The number of aldehydes is 1. The zero-order valence-electron chi connectivity index (χ0n) is 7.49. The summed E-state index contributed by atoms with van der Waals surface area (Å²) in [5.74, 6) is 0. The van der Waals surface area contributed by atoms with E-state index in [-0.39, 0.29) is 0 Å². The van der Waals surface area contributed by atoms with E-state index in [0.29, 0.717) is 32.5 Å². The number of fused-ring (bicyclic) bond motifs is 2. The smallest absolute Gasteiger partial charge is 0.154 e. The molecule has 1 aromatic carbocycles. The first-order valence-electron chi connectivity index (χ1n) is 4.34. The first kappa shape index (κ1) is 8.56. The Labute approximate surface area is 89.2 Å². The molecule has 0 bridgehead atoms. The summed E-state index contributed by atoms with van der Waals surface area (Å²) in [4.78, 5) is 11.0. The van der Waals surface area contributed by atoms with Crippen LogP contribution in [0.2, 0.25) is 5.02 Å². The van der Waals surface area contributed by atoms with Gasteiger partial charge in [0.2, 0.25) is 0 Å². The zero-order chi connectivity index (χ0) is 10.4. The number of hydrogen-bond donors (Lipinski definition) is 0. The molecule has 3 nitrogen and oxygen atoms in total. The maximum absolute atomic E-state index is 11.0. The molecule has 0 saturated carbocycles. The Bertz CT molecular complexity index is 611. The van der Waals surface area contributed by atoms with Gasteiger partial charge in [-0.3, -0.25) is 4.79 Å². The molecule has 0 unspecified atom stereocenters. The van der Waals surface area contributed by atoms with E-state index in [1.807, 2.05) is 0 Å². The van der Waals surface area contributed by atoms with E-state index in [4.69, 9.17) is 20.4 Å². The summed E-state index contributed by atoms with van der Waals surface area (Å²) >= 11 is 6.12. The number of halogens is 1. The number of benzene rings is 1. The fourth-order valence-corrected chi connectivity index (χ4v) is 2.04. The molecule has 0 aliphatic carbocycles. The highest BCUT2D eigenvalue weighted by Gasteiger charge is 2.16. The molecule has 0 fully saturated rings. The molecular formula is C11H5ClO3. The Morgan fingerprint density at radius 2 is 1.73 bits per heavy atom. The Kier molecular flexibility index (Phi) is 1.64. The van der Waals surface area contributed by atoms with Crippen molar-refractivity contribution >= 4 is 39.8 Å². The van der Waals surface area contributed by atoms with E-state index in [9.17, 15) is 4.79 Å². The van der Waals surface area contributed by atoms with Crippen LogP contribution in [-0.4, -0.2) is 6.29 Å². The lowest BCUT2D eigenvalue weighted by Crippen LogP contribution is -1.83. The second-order valence-corrected chi connectivity index (χ2v) is 3.55. The van der Waals surface area contributed by atoms with Gasteiger partial charge in [-0.15, -0.1) is 0 Å². The third-order valence-corrected chi connectivity index (χ3v) is 2.79. The van der Waals surface area contributed by atoms with Crippen LogP contribution in [0.4, 0.5) is 0 Å². The molecule has 4 heteroatoms. The number of carbonyl (C=O) groups excluding carboxylic acids is 1. The molecule has 74 valence electrons. The molecule has 0 aliphatic heterocycles. The molecule has 0 aliphatic rings. The average molecular weight is 221 g/mol. The van der Waals surface area contributed by atoms with Crippen molar-refractivity contribution in [2.45, 2.75) is 0 Å². The lowest BCUT2D eigenvalue weighted by Gasteiger charge is -1.98. The monoisotopic (exact) mass is 220 g/mol. The van der Waals surface area contributed by atoms with E-state index in [1.165, 1.54) is 12.5 Å². The van der Waals surface area contributed by atoms with E-state index in [2.05, 4.69) is 0 Å². The van der Waals surface area contributed by atoms with Gasteiger partial charge in [-0.05, 0) is 12.1 Å². The normalized spacial score (nSPS) is 11.3. The third kappa shape index (κ3) is 0.982. The topological polar surface area (TPSA) is 43.4 Å². The number of furan rings is 2. The van der Waals surface area contributed by atoms with E-state index >= 15 is 0 Å². The summed E-state index contributed by atoms with van der Waals surface area (Å²) in [6, 6.07) is 3.42. The summed E-state index contributed by atoms with van der Waals surface area (Å²) in [6.45, 7) is 0. The third-order valence-electron chi connectivity index (χ3n) is 2.42. The van der Waals surface area contributed by atoms with Gasteiger partial charge in [0.15, 0.2) is 11.9 Å². The minimum Gasteiger partial charge on any atom is -0.464 e. The molecule has 0 N–H and O–H groups in total. The summed E-state index contributed by atoms with van der Waals surface area (Å²) in [6.07, 6.45) is 3.75. The van der Waals surface area contributed by atoms with Crippen molar-refractivity contribution in [1.29, 1.82) is 0 Å². The van der Waals surface area contributed by atoms with Gasteiger partial charge in [0.1, 0.15) is 5.58 Å². The van der Waals surface area contributed by atoms with Crippen LogP contribution >= 0.6 is 11.6 Å². The standard InChI is InChI=1S/C11H5ClO3/c12-9-7-2-4-14-10(7)8(5-13)6-1-3-15-11(6)9/h1-5H. The molecule has 0 amide bonds. The maximum Gasteiger partial charge on any atom is 0.154 e. The second-order valence-electron chi connectivity index (χ2n) is 3.17. The molecule has 3 rings (SSSR count). The molecule has 0 atom stereocenters. The fourth-order valence-electron chi connectivity index (χ4n) is 1.74. The van der Waals surface area contributed by atoms with Crippen LogP contribution in [0.5, 0.6) is 0 Å². The van der Waals surface area contributed by atoms with Crippen LogP contribution < -0.4 is 0 Å². The number of hydrogen-bond acceptors (Lipinski definition) is 3. The molecular weight excluding hydrogens is 216 g/mol. The predicted octanol–water partition coefficient (Wildman–Crippen LogP) is 3.64. The average Bonchev–Trinajstić information content (AvgIpc) is 2.85. The van der Waals surface area contributed by atoms with Gasteiger partial charge in [0, 0.05) is 10.8 Å². The van der Waals surface area contributed by atoms with Crippen LogP contribution in [0.15, 0.2) is 33.5 Å². The van der Waals surface area contributed by atoms with Gasteiger partial charge in [0.05, 0.1) is 23.1 Å². The minimum absolute atomic E-state index is 0.475. The molecule has 2 aromatic heterocycles. The van der Waals surface area contributed by atoms with Crippen molar-refractivity contribution in [3.05, 3.63) is 35.2 Å². The number of carbonyl (C=O) groups is 1. The molecule has 3 aromatic rings. The molecule has 15 heavy (non-hydrogen) atoms. The van der Waals surface area contributed by atoms with Crippen molar-refractivity contribution in [1.82, 2.24) is 0 Å². The highest BCUT2D eigenvalue weighted by molar-refractivity contribution is 6.40. The fraction of sp³-hybridized carbons (Fsp3) is 0. The lowest BCUT2D eigenvalue weighted by atomic mass is 10.1. The van der Waals surface area contributed by atoms with E-state index in [1.54, 1.807) is 12.1 Å². The largest absolute Gasteiger partial charge is 0.464 e. The van der Waals surface area contributed by atoms with Gasteiger partial charge in [-0.1, -0.05) is 11.6 Å². The Morgan fingerprint density at radius 1 is 1.07 bits per heavy atom. The van der Waals surface area contributed by atoms with Crippen LogP contribution in [0.3, 0.4) is 0 Å². The highest BCUT2D eigenvalue weighted by Crippen LogP contribution is 2.36. The molecule has 0 saturated heterocycles. The van der Waals surface area contributed by atoms with Crippen molar-refractivity contribution in [3.63, 3.8) is 0 Å². The number of rotatable bonds is 1. The van der Waals surface area contributed by atoms with Crippen LogP contribution in [0.1, 0.15) is 10.4 Å². The quantitative estimate of drug-likeness (QED) is 0.588. The maximum atomic E-state index is 11.0. The predicted molar refractivity (Wildman–Crippen MR) is 56.4 cm³/mol. The summed E-state index contributed by atoms with van der Waals surface area (Å²) < 4.78 is 10.5. The van der Waals surface area contributed by atoms with E-state index in [0.717, 1.165) is 6.29 Å². The Balaban J connectivity index is 2.70.